The van der Waals surface area contributed by atoms with Crippen molar-refractivity contribution in [1.82, 2.24) is 9.97 Å². The van der Waals surface area contributed by atoms with E-state index in [4.69, 9.17) is 4.74 Å². The van der Waals surface area contributed by atoms with Crippen LogP contribution in [0.3, 0.4) is 0 Å². The average molecular weight is 300 g/mol. The maximum absolute atomic E-state index is 5.10. The molecule has 0 fully saturated rings. The summed E-state index contributed by atoms with van der Waals surface area (Å²) in [5, 5.41) is 9.67. The number of nitrogens with one attached hydrogen (secondary N) is 2. The van der Waals surface area contributed by atoms with Crippen molar-refractivity contribution < 1.29 is 4.74 Å². The minimum atomic E-state index is 0.383. The molecule has 1 aromatic carbocycles. The van der Waals surface area contributed by atoms with Crippen molar-refractivity contribution >= 4 is 38.7 Å². The van der Waals surface area contributed by atoms with Gasteiger partial charge in [-0.1, -0.05) is 0 Å². The van der Waals surface area contributed by atoms with Gasteiger partial charge in [-0.3, -0.25) is 0 Å². The first-order valence-corrected chi connectivity index (χ1v) is 7.45. The van der Waals surface area contributed by atoms with Crippen molar-refractivity contribution in [2.75, 3.05) is 24.8 Å². The van der Waals surface area contributed by atoms with Crippen molar-refractivity contribution in [3.05, 3.63) is 41.5 Å². The molecular weight excluding hydrogens is 284 g/mol. The monoisotopic (exact) mass is 300 g/mol. The predicted octanol–water partition coefficient (Wildman–Crippen LogP) is 3.62. The lowest BCUT2D eigenvalue weighted by Crippen LogP contribution is -2.04. The van der Waals surface area contributed by atoms with E-state index < -0.39 is 0 Å². The summed E-state index contributed by atoms with van der Waals surface area (Å²) >= 11 is 1.74. The number of rotatable bonds is 5. The van der Waals surface area contributed by atoms with Crippen molar-refractivity contribution in [3.63, 3.8) is 0 Å². The van der Waals surface area contributed by atoms with E-state index >= 15 is 0 Å². The fourth-order valence-electron chi connectivity index (χ4n) is 2.08. The first-order valence-electron chi connectivity index (χ1n) is 6.57. The maximum Gasteiger partial charge on any atom is 0.158 e. The Bertz CT molecular complexity index is 756. The third kappa shape index (κ3) is 3.12. The van der Waals surface area contributed by atoms with Crippen LogP contribution in [0.25, 0.3) is 10.1 Å². The van der Waals surface area contributed by atoms with Gasteiger partial charge in [0.25, 0.3) is 0 Å². The van der Waals surface area contributed by atoms with Gasteiger partial charge in [-0.2, -0.15) is 0 Å². The predicted molar refractivity (Wildman–Crippen MR) is 87.4 cm³/mol. The molecule has 0 aliphatic heterocycles. The Kier molecular flexibility index (Phi) is 3.98. The van der Waals surface area contributed by atoms with Crippen molar-refractivity contribution in [3.8, 4) is 0 Å². The van der Waals surface area contributed by atoms with Crippen molar-refractivity contribution in [2.45, 2.75) is 6.61 Å². The van der Waals surface area contributed by atoms with Crippen LogP contribution in [0.4, 0.5) is 17.3 Å². The number of nitrogens with zero attached hydrogens (tertiary/aromatic N) is 2. The molecule has 0 aliphatic carbocycles. The highest BCUT2D eigenvalue weighted by Gasteiger charge is 2.05. The van der Waals surface area contributed by atoms with E-state index in [1.807, 2.05) is 13.1 Å². The fourth-order valence-corrected chi connectivity index (χ4v) is 2.85. The van der Waals surface area contributed by atoms with Crippen LogP contribution in [0.2, 0.25) is 0 Å². The minimum Gasteiger partial charge on any atom is -0.377 e. The Labute approximate surface area is 127 Å². The summed E-state index contributed by atoms with van der Waals surface area (Å²) < 4.78 is 6.38. The zero-order valence-electron chi connectivity index (χ0n) is 11.9. The van der Waals surface area contributed by atoms with Crippen LogP contribution in [-0.4, -0.2) is 24.1 Å². The maximum atomic E-state index is 5.10. The van der Waals surface area contributed by atoms with E-state index in [2.05, 4.69) is 50.2 Å². The molecule has 21 heavy (non-hydrogen) atoms. The molecule has 6 heteroatoms. The van der Waals surface area contributed by atoms with E-state index in [-0.39, 0.29) is 0 Å². The van der Waals surface area contributed by atoms with Crippen LogP contribution in [-0.2, 0) is 11.3 Å². The van der Waals surface area contributed by atoms with Crippen LogP contribution >= 0.6 is 11.3 Å². The van der Waals surface area contributed by atoms with Crippen molar-refractivity contribution in [2.24, 2.45) is 0 Å². The summed E-state index contributed by atoms with van der Waals surface area (Å²) in [6, 6.07) is 10.3. The van der Waals surface area contributed by atoms with Gasteiger partial charge >= 0.3 is 0 Å². The zero-order chi connectivity index (χ0) is 14.7. The molecule has 0 saturated carbocycles. The molecule has 0 saturated heterocycles. The van der Waals surface area contributed by atoms with Crippen LogP contribution in [0, 0.1) is 0 Å². The molecule has 0 amide bonds. The van der Waals surface area contributed by atoms with E-state index in [0.717, 1.165) is 17.3 Å². The molecule has 0 spiro atoms. The first kappa shape index (κ1) is 13.8. The van der Waals surface area contributed by atoms with Gasteiger partial charge in [-0.05, 0) is 35.0 Å². The molecule has 2 aromatic heterocycles. The number of fused-ring (bicyclic) bond motifs is 1. The van der Waals surface area contributed by atoms with E-state index in [1.54, 1.807) is 18.4 Å². The molecular formula is C15H16N4OS. The Morgan fingerprint density at radius 1 is 1.14 bits per heavy atom. The van der Waals surface area contributed by atoms with Gasteiger partial charge in [0, 0.05) is 30.6 Å². The van der Waals surface area contributed by atoms with Gasteiger partial charge in [0.2, 0.25) is 0 Å². The second kappa shape index (κ2) is 6.07. The third-order valence-electron chi connectivity index (χ3n) is 3.03. The Morgan fingerprint density at radius 2 is 2.00 bits per heavy atom. The number of hydrogen-bond acceptors (Lipinski definition) is 6. The van der Waals surface area contributed by atoms with E-state index in [1.165, 1.54) is 10.1 Å². The summed E-state index contributed by atoms with van der Waals surface area (Å²) in [5.74, 6) is 2.15. The van der Waals surface area contributed by atoms with Gasteiger partial charge in [-0.25, -0.2) is 9.97 Å². The lowest BCUT2D eigenvalue weighted by atomic mass is 10.2. The topological polar surface area (TPSA) is 59.1 Å². The molecule has 0 radical (unpaired) electrons. The van der Waals surface area contributed by atoms with Crippen LogP contribution in [0.1, 0.15) is 5.82 Å². The fraction of sp³-hybridized carbons (Fsp3) is 0.200. The van der Waals surface area contributed by atoms with Crippen LogP contribution in [0.5, 0.6) is 0 Å². The van der Waals surface area contributed by atoms with Gasteiger partial charge in [-0.15, -0.1) is 11.3 Å². The second-order valence-corrected chi connectivity index (χ2v) is 5.48. The third-order valence-corrected chi connectivity index (χ3v) is 3.92. The van der Waals surface area contributed by atoms with Gasteiger partial charge in [0.05, 0.1) is 0 Å². The SMILES string of the molecule is CNc1cc(Nc2ccc3sccc3c2)nc(COC)n1. The lowest BCUT2D eigenvalue weighted by Gasteiger charge is -2.09. The molecule has 3 rings (SSSR count). The molecule has 0 bridgehead atoms. The van der Waals surface area contributed by atoms with Crippen LogP contribution < -0.4 is 10.6 Å². The van der Waals surface area contributed by atoms with Crippen LogP contribution in [0.15, 0.2) is 35.7 Å². The Hall–Kier alpha value is -2.18. The number of anilines is 3. The molecule has 0 unspecified atom stereocenters. The number of benzene rings is 1. The highest BCUT2D eigenvalue weighted by atomic mass is 32.1. The Morgan fingerprint density at radius 3 is 2.81 bits per heavy atom. The number of aromatic nitrogens is 2. The average Bonchev–Trinajstić information content (AvgIpc) is 2.95. The van der Waals surface area contributed by atoms with Gasteiger partial charge in [0.15, 0.2) is 5.82 Å². The molecule has 0 atom stereocenters. The Balaban J connectivity index is 1.90. The van der Waals surface area contributed by atoms with Gasteiger partial charge < -0.3 is 15.4 Å². The highest BCUT2D eigenvalue weighted by Crippen LogP contribution is 2.26. The van der Waals surface area contributed by atoms with Crippen molar-refractivity contribution in [1.29, 1.82) is 0 Å². The lowest BCUT2D eigenvalue weighted by molar-refractivity contribution is 0.178. The zero-order valence-corrected chi connectivity index (χ0v) is 12.7. The molecule has 3 aromatic rings. The molecule has 108 valence electrons. The highest BCUT2D eigenvalue weighted by molar-refractivity contribution is 7.17. The standard InChI is InChI=1S/C15H16N4OS/c1-16-13-8-14(19-15(18-13)9-20-2)17-11-3-4-12-10(7-11)5-6-21-12/h3-8H,9H2,1-2H3,(H2,16,17,18,19). The van der Waals surface area contributed by atoms with E-state index in [0.29, 0.717) is 12.4 Å². The molecule has 5 nitrogen and oxygen atoms in total. The number of methoxy groups -OCH3 is 1. The second-order valence-electron chi connectivity index (χ2n) is 4.54. The molecule has 2 N–H and O–H groups in total. The normalized spacial score (nSPS) is 10.8. The summed E-state index contributed by atoms with van der Waals surface area (Å²) in [7, 11) is 3.47. The summed E-state index contributed by atoms with van der Waals surface area (Å²) in [5.41, 5.74) is 1.00. The quantitative estimate of drug-likeness (QED) is 0.753. The van der Waals surface area contributed by atoms with E-state index in [9.17, 15) is 0 Å². The minimum absolute atomic E-state index is 0.383. The van der Waals surface area contributed by atoms with Gasteiger partial charge in [0.1, 0.15) is 18.2 Å². The number of thiophene rings is 1. The summed E-state index contributed by atoms with van der Waals surface area (Å²) in [6.07, 6.45) is 0. The number of hydrogen-bond donors (Lipinski definition) is 2. The summed E-state index contributed by atoms with van der Waals surface area (Å²) in [6.45, 7) is 0.383. The largest absolute Gasteiger partial charge is 0.377 e. The molecule has 0 aliphatic rings. The molecule has 2 heterocycles. The summed E-state index contributed by atoms with van der Waals surface area (Å²) in [4.78, 5) is 8.79. The first-order chi connectivity index (χ1) is 10.3. The number of ether oxygens (including phenoxy) is 1. The smallest absolute Gasteiger partial charge is 0.158 e.